The minimum absolute atomic E-state index is 0.185. The van der Waals surface area contributed by atoms with Crippen molar-refractivity contribution in [1.29, 1.82) is 0 Å². The summed E-state index contributed by atoms with van der Waals surface area (Å²) in [4.78, 5) is 12.1. The van der Waals surface area contributed by atoms with Gasteiger partial charge >= 0.3 is 6.09 Å². The molecule has 0 unspecified atom stereocenters. The summed E-state index contributed by atoms with van der Waals surface area (Å²) in [6, 6.07) is 12.2. The minimum atomic E-state index is -0.659. The number of nitrogens with one attached hydrogen (secondary N) is 1. The molecule has 0 radical (unpaired) electrons. The second kappa shape index (κ2) is 8.81. The first kappa shape index (κ1) is 19.8. The van der Waals surface area contributed by atoms with Gasteiger partial charge in [0, 0.05) is 17.5 Å². The van der Waals surface area contributed by atoms with Crippen LogP contribution in [0.4, 0.5) is 4.79 Å². The van der Waals surface area contributed by atoms with Gasteiger partial charge in [-0.2, -0.15) is 4.68 Å². The first-order valence-corrected chi connectivity index (χ1v) is 9.15. The average Bonchev–Trinajstić information content (AvgIpc) is 3.17. The average molecular weight is 402 g/mol. The number of amides is 1. The molecule has 0 fully saturated rings. The number of carbonyl (C=O) groups excluding carboxylic acids is 1. The lowest BCUT2D eigenvalue weighted by molar-refractivity contribution is 0.186. The fourth-order valence-corrected chi connectivity index (χ4v) is 2.71. The van der Waals surface area contributed by atoms with Crippen LogP contribution >= 0.6 is 11.6 Å². The van der Waals surface area contributed by atoms with E-state index >= 15 is 0 Å². The molecule has 1 atom stereocenters. The summed E-state index contributed by atoms with van der Waals surface area (Å²) in [7, 11) is 0. The minimum Gasteiger partial charge on any atom is -0.410 e. The molecule has 2 N–H and O–H groups in total. The quantitative estimate of drug-likeness (QED) is 0.658. The predicted octanol–water partition coefficient (Wildman–Crippen LogP) is 3.01. The van der Waals surface area contributed by atoms with Gasteiger partial charge in [-0.25, -0.2) is 4.79 Å². The molecular formula is C19H20ClN5O3. The summed E-state index contributed by atoms with van der Waals surface area (Å²) in [5, 5.41) is 24.0. The first-order valence-electron chi connectivity index (χ1n) is 8.78. The highest BCUT2D eigenvalue weighted by molar-refractivity contribution is 6.30. The maximum Gasteiger partial charge on any atom is 0.412 e. The number of aryl methyl sites for hydroxylation is 1. The molecule has 0 aliphatic heterocycles. The van der Waals surface area contributed by atoms with Crippen LogP contribution in [0, 0.1) is 0 Å². The lowest BCUT2D eigenvalue weighted by Gasteiger charge is -2.13. The Morgan fingerprint density at radius 3 is 2.68 bits per heavy atom. The van der Waals surface area contributed by atoms with Crippen LogP contribution in [-0.2, 0) is 6.42 Å². The van der Waals surface area contributed by atoms with Crippen LogP contribution in [-0.4, -0.2) is 44.1 Å². The number of halogens is 1. The SMILES string of the molecule is CCc1nnnn1-c1cc(OC(=O)N[C@H](C)CO)cc(-c2ccc(Cl)cc2)c1. The highest BCUT2D eigenvalue weighted by Crippen LogP contribution is 2.29. The number of ether oxygens (including phenoxy) is 1. The number of tetrazole rings is 1. The van der Waals surface area contributed by atoms with Gasteiger partial charge in [0.2, 0.25) is 0 Å². The normalized spacial score (nSPS) is 11.9. The third-order valence-electron chi connectivity index (χ3n) is 4.01. The van der Waals surface area contributed by atoms with Gasteiger partial charge in [-0.15, -0.1) is 5.10 Å². The van der Waals surface area contributed by atoms with Crippen LogP contribution < -0.4 is 10.1 Å². The van der Waals surface area contributed by atoms with Crippen LogP contribution in [0.2, 0.25) is 5.02 Å². The van der Waals surface area contributed by atoms with E-state index in [2.05, 4.69) is 20.8 Å². The molecule has 1 amide bonds. The van der Waals surface area contributed by atoms with Crippen LogP contribution in [0.15, 0.2) is 42.5 Å². The van der Waals surface area contributed by atoms with Crippen molar-refractivity contribution in [1.82, 2.24) is 25.5 Å². The lowest BCUT2D eigenvalue weighted by atomic mass is 10.0. The van der Waals surface area contributed by atoms with E-state index < -0.39 is 12.1 Å². The zero-order valence-electron chi connectivity index (χ0n) is 15.5. The molecule has 0 bridgehead atoms. The predicted molar refractivity (Wildman–Crippen MR) is 105 cm³/mol. The van der Waals surface area contributed by atoms with Crippen molar-refractivity contribution in [3.8, 4) is 22.6 Å². The molecule has 146 valence electrons. The molecule has 9 heteroatoms. The number of benzene rings is 2. The summed E-state index contributed by atoms with van der Waals surface area (Å²) in [5.41, 5.74) is 2.36. The van der Waals surface area contributed by atoms with Crippen molar-refractivity contribution in [2.24, 2.45) is 0 Å². The van der Waals surface area contributed by atoms with Gasteiger partial charge < -0.3 is 15.2 Å². The molecule has 3 rings (SSSR count). The summed E-state index contributed by atoms with van der Waals surface area (Å²) in [5.74, 6) is 1.00. The number of carbonyl (C=O) groups is 1. The van der Waals surface area contributed by atoms with Gasteiger partial charge in [-0.05, 0) is 52.7 Å². The van der Waals surface area contributed by atoms with E-state index in [0.29, 0.717) is 28.7 Å². The standard InChI is InChI=1S/C19H20ClN5O3/c1-3-18-22-23-24-25(18)16-8-14(13-4-6-15(20)7-5-13)9-17(10-16)28-19(27)21-12(2)11-26/h4-10,12,26H,3,11H2,1-2H3,(H,21,27)/t12-/m1/s1. The Morgan fingerprint density at radius 1 is 1.25 bits per heavy atom. The Hall–Kier alpha value is -2.97. The molecule has 0 saturated heterocycles. The Labute approximate surface area is 167 Å². The molecule has 2 aromatic carbocycles. The Bertz CT molecular complexity index is 958. The fraction of sp³-hybridized carbons (Fsp3) is 0.263. The van der Waals surface area contributed by atoms with Crippen LogP contribution in [0.5, 0.6) is 5.75 Å². The molecule has 8 nitrogen and oxygen atoms in total. The second-order valence-corrected chi connectivity index (χ2v) is 6.64. The van der Waals surface area contributed by atoms with Gasteiger partial charge in [0.25, 0.3) is 0 Å². The van der Waals surface area contributed by atoms with Gasteiger partial charge in [0.05, 0.1) is 18.3 Å². The molecule has 0 aliphatic rings. The fourth-order valence-electron chi connectivity index (χ4n) is 2.58. The summed E-state index contributed by atoms with van der Waals surface area (Å²) < 4.78 is 7.01. The number of nitrogens with zero attached hydrogens (tertiary/aromatic N) is 4. The monoisotopic (exact) mass is 401 g/mol. The van der Waals surface area contributed by atoms with Crippen molar-refractivity contribution in [3.05, 3.63) is 53.3 Å². The van der Waals surface area contributed by atoms with Crippen molar-refractivity contribution >= 4 is 17.7 Å². The van der Waals surface area contributed by atoms with Crippen molar-refractivity contribution < 1.29 is 14.6 Å². The highest BCUT2D eigenvalue weighted by Gasteiger charge is 2.14. The number of aliphatic hydroxyl groups excluding tert-OH is 1. The third kappa shape index (κ3) is 4.65. The summed E-state index contributed by atoms with van der Waals surface area (Å²) in [6.45, 7) is 3.44. The first-order chi connectivity index (χ1) is 13.5. The van der Waals surface area contributed by atoms with Crippen molar-refractivity contribution in [3.63, 3.8) is 0 Å². The topological polar surface area (TPSA) is 102 Å². The largest absolute Gasteiger partial charge is 0.412 e. The smallest absolute Gasteiger partial charge is 0.410 e. The highest BCUT2D eigenvalue weighted by atomic mass is 35.5. The zero-order valence-corrected chi connectivity index (χ0v) is 16.2. The zero-order chi connectivity index (χ0) is 20.1. The van der Waals surface area contributed by atoms with Gasteiger partial charge in [-0.1, -0.05) is 30.7 Å². The second-order valence-electron chi connectivity index (χ2n) is 6.20. The van der Waals surface area contributed by atoms with Gasteiger partial charge in [0.1, 0.15) is 5.75 Å². The van der Waals surface area contributed by atoms with E-state index in [1.807, 2.05) is 25.1 Å². The number of aliphatic hydroxyl groups is 1. The number of aromatic nitrogens is 4. The molecular weight excluding hydrogens is 382 g/mol. The number of rotatable bonds is 6. The van der Waals surface area contributed by atoms with Crippen LogP contribution in [0.25, 0.3) is 16.8 Å². The van der Waals surface area contributed by atoms with E-state index in [1.54, 1.807) is 35.9 Å². The molecule has 28 heavy (non-hydrogen) atoms. The molecule has 1 aromatic heterocycles. The van der Waals surface area contributed by atoms with E-state index in [-0.39, 0.29) is 6.61 Å². The van der Waals surface area contributed by atoms with E-state index in [0.717, 1.165) is 11.1 Å². The maximum atomic E-state index is 12.1. The van der Waals surface area contributed by atoms with Gasteiger partial charge in [0.15, 0.2) is 5.82 Å². The van der Waals surface area contributed by atoms with E-state index in [4.69, 9.17) is 21.4 Å². The number of hydrogen-bond donors (Lipinski definition) is 2. The van der Waals surface area contributed by atoms with Crippen molar-refractivity contribution in [2.45, 2.75) is 26.3 Å². The number of hydrogen-bond acceptors (Lipinski definition) is 6. The molecule has 0 aliphatic carbocycles. The Balaban J connectivity index is 2.01. The molecule has 0 spiro atoms. The molecule has 0 saturated carbocycles. The Morgan fingerprint density at radius 2 is 2.00 bits per heavy atom. The van der Waals surface area contributed by atoms with E-state index in [9.17, 15) is 4.79 Å². The molecule has 1 heterocycles. The maximum absolute atomic E-state index is 12.1. The van der Waals surface area contributed by atoms with Crippen molar-refractivity contribution in [2.75, 3.05) is 6.61 Å². The Kier molecular flexibility index (Phi) is 6.23. The van der Waals surface area contributed by atoms with Crippen LogP contribution in [0.3, 0.4) is 0 Å². The lowest BCUT2D eigenvalue weighted by Crippen LogP contribution is -2.37. The summed E-state index contributed by atoms with van der Waals surface area (Å²) >= 11 is 5.98. The van der Waals surface area contributed by atoms with Gasteiger partial charge in [-0.3, -0.25) is 0 Å². The molecule has 3 aromatic rings. The van der Waals surface area contributed by atoms with Crippen LogP contribution in [0.1, 0.15) is 19.7 Å². The van der Waals surface area contributed by atoms with E-state index in [1.165, 1.54) is 0 Å². The third-order valence-corrected chi connectivity index (χ3v) is 4.26. The summed E-state index contributed by atoms with van der Waals surface area (Å²) in [6.07, 6.45) is -0.0174.